The maximum absolute atomic E-state index is 6.45. The summed E-state index contributed by atoms with van der Waals surface area (Å²) in [5.41, 5.74) is 6.71. The van der Waals surface area contributed by atoms with Crippen LogP contribution in [-0.4, -0.2) is 12.7 Å². The summed E-state index contributed by atoms with van der Waals surface area (Å²) in [5.74, 6) is -0.806. The second-order valence-corrected chi connectivity index (χ2v) is 9.75. The number of aryl methyl sites for hydroxylation is 1. The molecule has 144 valence electrons. The number of fused-ring (bicyclic) bond motifs is 1. The van der Waals surface area contributed by atoms with Gasteiger partial charge in [0.15, 0.2) is 0 Å². The van der Waals surface area contributed by atoms with Crippen LogP contribution in [0.2, 0.25) is 0 Å². The van der Waals surface area contributed by atoms with Crippen molar-refractivity contribution >= 4 is 0 Å². The first-order valence-corrected chi connectivity index (χ1v) is 10.2. The summed E-state index contributed by atoms with van der Waals surface area (Å²) in [4.78, 5) is 0. The van der Waals surface area contributed by atoms with E-state index in [0.29, 0.717) is 6.61 Å². The highest BCUT2D eigenvalue weighted by atomic mass is 16.7. The van der Waals surface area contributed by atoms with E-state index in [0.717, 1.165) is 11.1 Å². The Kier molecular flexibility index (Phi) is 4.29. The molecule has 27 heavy (non-hydrogen) atoms. The van der Waals surface area contributed by atoms with E-state index in [1.165, 1.54) is 29.5 Å². The number of ether oxygens (including phenoxy) is 2. The lowest BCUT2D eigenvalue weighted by Gasteiger charge is -2.42. The van der Waals surface area contributed by atoms with Crippen molar-refractivity contribution in [1.82, 2.24) is 0 Å². The first kappa shape index (κ1) is 18.7. The Morgan fingerprint density at radius 3 is 2.00 bits per heavy atom. The largest absolute Gasteiger partial charge is 0.339 e. The second-order valence-electron chi connectivity index (χ2n) is 9.75. The third-order valence-corrected chi connectivity index (χ3v) is 6.55. The van der Waals surface area contributed by atoms with Crippen molar-refractivity contribution in [2.45, 2.75) is 77.1 Å². The summed E-state index contributed by atoms with van der Waals surface area (Å²) < 4.78 is 12.8. The SMILES string of the molecule is Cc1ccc(C2(c3ccc4c(c3)C(C)(C)CCC4(C)C)OCC(C)O2)cc1. The van der Waals surface area contributed by atoms with Crippen LogP contribution in [0.5, 0.6) is 0 Å². The van der Waals surface area contributed by atoms with Gasteiger partial charge in [0.05, 0.1) is 12.7 Å². The smallest absolute Gasteiger partial charge is 0.222 e. The molecule has 0 spiro atoms. The summed E-state index contributed by atoms with van der Waals surface area (Å²) in [5, 5.41) is 0. The zero-order chi connectivity index (χ0) is 19.4. The van der Waals surface area contributed by atoms with Crippen LogP contribution >= 0.6 is 0 Å². The number of benzene rings is 2. The number of hydrogen-bond acceptors (Lipinski definition) is 2. The molecule has 2 aliphatic rings. The molecule has 0 radical (unpaired) electrons. The summed E-state index contributed by atoms with van der Waals surface area (Å²) in [6.07, 6.45) is 2.50. The highest BCUT2D eigenvalue weighted by Gasteiger charge is 2.45. The van der Waals surface area contributed by atoms with Gasteiger partial charge in [-0.3, -0.25) is 0 Å². The lowest BCUT2D eigenvalue weighted by Crippen LogP contribution is -2.35. The Balaban J connectivity index is 1.89. The van der Waals surface area contributed by atoms with Crippen molar-refractivity contribution in [3.05, 3.63) is 70.3 Å². The summed E-state index contributed by atoms with van der Waals surface area (Å²) >= 11 is 0. The molecule has 2 atom stereocenters. The molecule has 0 N–H and O–H groups in total. The molecule has 1 aliphatic carbocycles. The molecule has 0 bridgehead atoms. The molecule has 4 rings (SSSR count). The minimum atomic E-state index is -0.806. The van der Waals surface area contributed by atoms with Crippen LogP contribution in [0.1, 0.15) is 75.3 Å². The molecule has 2 aromatic rings. The lowest BCUT2D eigenvalue weighted by atomic mass is 9.62. The first-order valence-electron chi connectivity index (χ1n) is 10.2. The van der Waals surface area contributed by atoms with Gasteiger partial charge in [0.2, 0.25) is 5.79 Å². The van der Waals surface area contributed by atoms with E-state index in [4.69, 9.17) is 9.47 Å². The monoisotopic (exact) mass is 364 g/mol. The summed E-state index contributed by atoms with van der Waals surface area (Å²) in [6, 6.07) is 15.4. The standard InChI is InChI=1S/C25H32O2/c1-17-7-9-19(10-8-17)25(26-16-18(2)27-25)20-11-12-21-22(15-20)24(5,6)14-13-23(21,3)4/h7-12,15,18H,13-14,16H2,1-6H3. The fraction of sp³-hybridized carbons (Fsp3) is 0.520. The molecule has 1 aliphatic heterocycles. The highest BCUT2D eigenvalue weighted by molar-refractivity contribution is 5.47. The molecule has 2 aromatic carbocycles. The lowest BCUT2D eigenvalue weighted by molar-refractivity contribution is -0.140. The molecule has 2 unspecified atom stereocenters. The van der Waals surface area contributed by atoms with E-state index >= 15 is 0 Å². The van der Waals surface area contributed by atoms with Crippen LogP contribution in [0.3, 0.4) is 0 Å². The van der Waals surface area contributed by atoms with Crippen LogP contribution in [-0.2, 0) is 26.1 Å². The van der Waals surface area contributed by atoms with E-state index in [-0.39, 0.29) is 16.9 Å². The Morgan fingerprint density at radius 2 is 1.41 bits per heavy atom. The molecule has 0 amide bonds. The zero-order valence-electron chi connectivity index (χ0n) is 17.6. The molecular formula is C25H32O2. The third-order valence-electron chi connectivity index (χ3n) is 6.55. The Hall–Kier alpha value is -1.64. The average Bonchev–Trinajstić information content (AvgIpc) is 3.02. The Bertz CT molecular complexity index is 847. The summed E-state index contributed by atoms with van der Waals surface area (Å²) in [7, 11) is 0. The quantitative estimate of drug-likeness (QED) is 0.652. The van der Waals surface area contributed by atoms with Crippen LogP contribution < -0.4 is 0 Å². The van der Waals surface area contributed by atoms with E-state index in [9.17, 15) is 0 Å². The molecular weight excluding hydrogens is 332 g/mol. The number of rotatable bonds is 2. The predicted octanol–water partition coefficient (Wildman–Crippen LogP) is 5.98. The van der Waals surface area contributed by atoms with Crippen LogP contribution in [0.25, 0.3) is 0 Å². The molecule has 0 saturated carbocycles. The van der Waals surface area contributed by atoms with Gasteiger partial charge >= 0.3 is 0 Å². The van der Waals surface area contributed by atoms with E-state index < -0.39 is 5.79 Å². The molecule has 1 saturated heterocycles. The van der Waals surface area contributed by atoms with Crippen molar-refractivity contribution in [3.63, 3.8) is 0 Å². The Labute approximate surface area is 163 Å². The molecule has 2 nitrogen and oxygen atoms in total. The predicted molar refractivity (Wildman–Crippen MR) is 110 cm³/mol. The van der Waals surface area contributed by atoms with Gasteiger partial charge in [0.25, 0.3) is 0 Å². The van der Waals surface area contributed by atoms with Gasteiger partial charge in [-0.15, -0.1) is 0 Å². The zero-order valence-corrected chi connectivity index (χ0v) is 17.6. The highest BCUT2D eigenvalue weighted by Crippen LogP contribution is 2.48. The molecule has 1 fully saturated rings. The topological polar surface area (TPSA) is 18.5 Å². The normalized spacial score (nSPS) is 28.7. The van der Waals surface area contributed by atoms with Crippen molar-refractivity contribution in [2.24, 2.45) is 0 Å². The van der Waals surface area contributed by atoms with E-state index in [1.807, 2.05) is 0 Å². The third kappa shape index (κ3) is 3.03. The van der Waals surface area contributed by atoms with Gasteiger partial charge in [0, 0.05) is 11.1 Å². The van der Waals surface area contributed by atoms with Crippen molar-refractivity contribution in [3.8, 4) is 0 Å². The van der Waals surface area contributed by atoms with E-state index in [2.05, 4.69) is 84.0 Å². The fourth-order valence-corrected chi connectivity index (χ4v) is 4.62. The van der Waals surface area contributed by atoms with Crippen LogP contribution in [0, 0.1) is 6.92 Å². The Morgan fingerprint density at radius 1 is 0.815 bits per heavy atom. The molecule has 2 heteroatoms. The van der Waals surface area contributed by atoms with Crippen molar-refractivity contribution in [1.29, 1.82) is 0 Å². The maximum Gasteiger partial charge on any atom is 0.222 e. The van der Waals surface area contributed by atoms with Gasteiger partial charge in [-0.05, 0) is 54.7 Å². The van der Waals surface area contributed by atoms with Crippen molar-refractivity contribution < 1.29 is 9.47 Å². The van der Waals surface area contributed by atoms with Crippen molar-refractivity contribution in [2.75, 3.05) is 6.61 Å². The molecule has 0 aromatic heterocycles. The van der Waals surface area contributed by atoms with E-state index in [1.54, 1.807) is 0 Å². The van der Waals surface area contributed by atoms with Gasteiger partial charge in [0.1, 0.15) is 0 Å². The van der Waals surface area contributed by atoms with Crippen LogP contribution in [0.4, 0.5) is 0 Å². The minimum absolute atomic E-state index is 0.0757. The first-order chi connectivity index (χ1) is 12.6. The van der Waals surface area contributed by atoms with Gasteiger partial charge in [-0.25, -0.2) is 0 Å². The van der Waals surface area contributed by atoms with Gasteiger partial charge in [-0.1, -0.05) is 69.7 Å². The van der Waals surface area contributed by atoms with Crippen LogP contribution in [0.15, 0.2) is 42.5 Å². The molecule has 1 heterocycles. The average molecular weight is 365 g/mol. The maximum atomic E-state index is 6.45. The fourth-order valence-electron chi connectivity index (χ4n) is 4.62. The van der Waals surface area contributed by atoms with Gasteiger partial charge < -0.3 is 9.47 Å². The van der Waals surface area contributed by atoms with Gasteiger partial charge in [-0.2, -0.15) is 0 Å². The second kappa shape index (κ2) is 6.18. The summed E-state index contributed by atoms with van der Waals surface area (Å²) in [6.45, 7) is 14.3. The number of hydrogen-bond donors (Lipinski definition) is 0. The minimum Gasteiger partial charge on any atom is -0.339 e.